The molecule has 7 heteroatoms. The van der Waals surface area contributed by atoms with Crippen LogP contribution in [0.4, 0.5) is 0 Å². The summed E-state index contributed by atoms with van der Waals surface area (Å²) in [7, 11) is 0. The van der Waals surface area contributed by atoms with Crippen molar-refractivity contribution in [1.29, 1.82) is 0 Å². The van der Waals surface area contributed by atoms with Gasteiger partial charge in [0.15, 0.2) is 10.9 Å². The molecule has 4 rings (SSSR count). The number of thiophene rings is 1. The van der Waals surface area contributed by atoms with E-state index < -0.39 is 0 Å². The first-order valence-corrected chi connectivity index (χ1v) is 10.9. The topological polar surface area (TPSA) is 72.0 Å². The average Bonchev–Trinajstić information content (AvgIpc) is 3.06. The summed E-state index contributed by atoms with van der Waals surface area (Å²) in [5.41, 5.74) is 1.72. The number of ketones is 1. The summed E-state index contributed by atoms with van der Waals surface area (Å²) >= 11 is 2.89. The number of H-pyrrole nitrogens is 1. The third kappa shape index (κ3) is 3.80. The average molecular weight is 401 g/mol. The molecule has 3 aromatic rings. The number of aromatic amines is 1. The number of carbonyl (C=O) groups is 1. The second kappa shape index (κ2) is 7.86. The van der Waals surface area contributed by atoms with E-state index >= 15 is 0 Å². The number of Topliss-reactive ketones (excluding diaryl/α,β-unsaturated/α-hetero) is 1. The highest BCUT2D eigenvalue weighted by atomic mass is 32.2. The predicted octanol–water partition coefficient (Wildman–Crippen LogP) is 4.24. The molecule has 1 aliphatic carbocycles. The fourth-order valence-electron chi connectivity index (χ4n) is 3.33. The van der Waals surface area contributed by atoms with Gasteiger partial charge in [-0.2, -0.15) is 0 Å². The molecule has 1 aliphatic rings. The van der Waals surface area contributed by atoms with Crippen LogP contribution in [0, 0.1) is 0 Å². The Kier molecular flexibility index (Phi) is 5.31. The number of carbonyl (C=O) groups excluding carboxylic acids is 1. The minimum atomic E-state index is -0.0876. The maximum atomic E-state index is 12.5. The van der Waals surface area contributed by atoms with Gasteiger partial charge < -0.3 is 9.72 Å². The monoisotopic (exact) mass is 400 g/mol. The minimum Gasteiger partial charge on any atom is -0.494 e. The summed E-state index contributed by atoms with van der Waals surface area (Å²) in [5.74, 6) is 0.976. The van der Waals surface area contributed by atoms with Gasteiger partial charge in [0.25, 0.3) is 5.56 Å². The molecule has 0 spiro atoms. The molecular weight excluding hydrogens is 380 g/mol. The van der Waals surface area contributed by atoms with Gasteiger partial charge in [0.05, 0.1) is 17.7 Å². The lowest BCUT2D eigenvalue weighted by atomic mass is 9.97. The molecule has 0 atom stereocenters. The zero-order valence-corrected chi connectivity index (χ0v) is 16.7. The molecule has 0 saturated heterocycles. The molecule has 0 radical (unpaired) electrons. The van der Waals surface area contributed by atoms with Crippen LogP contribution in [0.1, 0.15) is 40.6 Å². The Bertz CT molecular complexity index is 1040. The van der Waals surface area contributed by atoms with E-state index in [2.05, 4.69) is 9.97 Å². The van der Waals surface area contributed by atoms with Crippen molar-refractivity contribution in [2.24, 2.45) is 0 Å². The number of benzene rings is 1. The summed E-state index contributed by atoms with van der Waals surface area (Å²) in [6.45, 7) is 2.51. The molecular formula is C20H20N2O3S2. The number of aromatic nitrogens is 2. The lowest BCUT2D eigenvalue weighted by Gasteiger charge is -2.09. The molecule has 0 aliphatic heterocycles. The summed E-state index contributed by atoms with van der Waals surface area (Å²) in [4.78, 5) is 34.5. The Labute approximate surface area is 165 Å². The first-order chi connectivity index (χ1) is 13.2. The van der Waals surface area contributed by atoms with Crippen LogP contribution >= 0.6 is 23.1 Å². The van der Waals surface area contributed by atoms with E-state index in [1.54, 1.807) is 35.6 Å². The van der Waals surface area contributed by atoms with Crippen LogP contribution in [0.2, 0.25) is 0 Å². The summed E-state index contributed by atoms with van der Waals surface area (Å²) in [5, 5.41) is 1.25. The standard InChI is InChI=1S/C20H20N2O3S2/c1-2-25-13-9-7-12(8-10-13)15(23)11-26-20-21-18(24)17-14-5-3-4-6-16(14)27-19(17)22-20/h7-10H,2-6,11H2,1H3,(H,21,22,24). The Hall–Kier alpha value is -2.12. The third-order valence-corrected chi connectivity index (χ3v) is 6.69. The van der Waals surface area contributed by atoms with E-state index in [9.17, 15) is 9.59 Å². The van der Waals surface area contributed by atoms with E-state index in [1.807, 2.05) is 6.92 Å². The molecule has 1 N–H and O–H groups in total. The van der Waals surface area contributed by atoms with Gasteiger partial charge in [0.2, 0.25) is 0 Å². The maximum absolute atomic E-state index is 12.5. The molecule has 2 aromatic heterocycles. The zero-order valence-electron chi connectivity index (χ0n) is 15.0. The number of nitrogens with one attached hydrogen (secondary N) is 1. The number of fused-ring (bicyclic) bond motifs is 3. The number of rotatable bonds is 6. The molecule has 140 valence electrons. The number of aryl methyl sites for hydroxylation is 2. The van der Waals surface area contributed by atoms with Crippen LogP contribution in [0.5, 0.6) is 5.75 Å². The Morgan fingerprint density at radius 2 is 2.04 bits per heavy atom. The molecule has 5 nitrogen and oxygen atoms in total. The van der Waals surface area contributed by atoms with E-state index in [0.717, 1.165) is 35.2 Å². The number of thioether (sulfide) groups is 1. The van der Waals surface area contributed by atoms with Crippen molar-refractivity contribution in [3.05, 3.63) is 50.6 Å². The van der Waals surface area contributed by atoms with Crippen LogP contribution in [-0.4, -0.2) is 28.1 Å². The molecule has 2 heterocycles. The smallest absolute Gasteiger partial charge is 0.260 e. The van der Waals surface area contributed by atoms with Crippen molar-refractivity contribution in [3.8, 4) is 5.75 Å². The van der Waals surface area contributed by atoms with Crippen molar-refractivity contribution >= 4 is 39.1 Å². The van der Waals surface area contributed by atoms with Crippen LogP contribution < -0.4 is 10.3 Å². The van der Waals surface area contributed by atoms with Crippen molar-refractivity contribution < 1.29 is 9.53 Å². The number of hydrogen-bond acceptors (Lipinski definition) is 6. The van der Waals surface area contributed by atoms with Gasteiger partial charge in [-0.3, -0.25) is 9.59 Å². The zero-order chi connectivity index (χ0) is 18.8. The van der Waals surface area contributed by atoms with Gasteiger partial charge in [-0.1, -0.05) is 11.8 Å². The van der Waals surface area contributed by atoms with Gasteiger partial charge >= 0.3 is 0 Å². The maximum Gasteiger partial charge on any atom is 0.260 e. The Balaban J connectivity index is 1.50. The second-order valence-corrected chi connectivity index (χ2v) is 8.48. The van der Waals surface area contributed by atoms with Crippen molar-refractivity contribution in [2.45, 2.75) is 37.8 Å². The number of hydrogen-bond donors (Lipinski definition) is 1. The largest absolute Gasteiger partial charge is 0.494 e. The van der Waals surface area contributed by atoms with E-state index in [1.165, 1.54) is 28.6 Å². The first-order valence-electron chi connectivity index (χ1n) is 9.09. The highest BCUT2D eigenvalue weighted by Gasteiger charge is 2.20. The Morgan fingerprint density at radius 3 is 2.81 bits per heavy atom. The van der Waals surface area contributed by atoms with Crippen molar-refractivity contribution in [3.63, 3.8) is 0 Å². The van der Waals surface area contributed by atoms with E-state index in [-0.39, 0.29) is 17.1 Å². The minimum absolute atomic E-state index is 0.00346. The molecule has 1 aromatic carbocycles. The lowest BCUT2D eigenvalue weighted by molar-refractivity contribution is 0.102. The molecule has 0 amide bonds. The SMILES string of the molecule is CCOc1ccc(C(=O)CSc2nc3sc4c(c3c(=O)[nH]2)CCCC4)cc1. The van der Waals surface area contributed by atoms with Crippen LogP contribution in [-0.2, 0) is 12.8 Å². The normalized spacial score (nSPS) is 13.5. The second-order valence-electron chi connectivity index (χ2n) is 6.43. The Morgan fingerprint density at radius 1 is 1.26 bits per heavy atom. The summed E-state index contributed by atoms with van der Waals surface area (Å²) in [6.07, 6.45) is 4.30. The first kappa shape index (κ1) is 18.3. The third-order valence-electron chi connectivity index (χ3n) is 4.63. The summed E-state index contributed by atoms with van der Waals surface area (Å²) in [6, 6.07) is 7.12. The highest BCUT2D eigenvalue weighted by molar-refractivity contribution is 7.99. The van der Waals surface area contributed by atoms with Crippen molar-refractivity contribution in [2.75, 3.05) is 12.4 Å². The predicted molar refractivity (Wildman–Crippen MR) is 110 cm³/mol. The molecule has 27 heavy (non-hydrogen) atoms. The van der Waals surface area contributed by atoms with Gasteiger partial charge in [-0.05, 0) is 62.4 Å². The van der Waals surface area contributed by atoms with Crippen LogP contribution in [0.3, 0.4) is 0 Å². The van der Waals surface area contributed by atoms with Crippen LogP contribution in [0.15, 0.2) is 34.2 Å². The summed E-state index contributed by atoms with van der Waals surface area (Å²) < 4.78 is 5.39. The fraction of sp³-hybridized carbons (Fsp3) is 0.350. The quantitative estimate of drug-likeness (QED) is 0.381. The molecule has 0 bridgehead atoms. The molecule has 0 fully saturated rings. The van der Waals surface area contributed by atoms with Gasteiger partial charge in [-0.25, -0.2) is 4.98 Å². The van der Waals surface area contributed by atoms with Gasteiger partial charge in [0.1, 0.15) is 10.6 Å². The fourth-order valence-corrected chi connectivity index (χ4v) is 5.41. The van der Waals surface area contributed by atoms with Crippen molar-refractivity contribution in [1.82, 2.24) is 9.97 Å². The molecule has 0 unspecified atom stereocenters. The molecule has 0 saturated carbocycles. The van der Waals surface area contributed by atoms with Gasteiger partial charge in [0, 0.05) is 10.4 Å². The van der Waals surface area contributed by atoms with Gasteiger partial charge in [-0.15, -0.1) is 11.3 Å². The lowest BCUT2D eigenvalue weighted by Crippen LogP contribution is -2.11. The van der Waals surface area contributed by atoms with E-state index in [0.29, 0.717) is 17.3 Å². The van der Waals surface area contributed by atoms with Crippen LogP contribution in [0.25, 0.3) is 10.2 Å². The number of nitrogens with zero attached hydrogens (tertiary/aromatic N) is 1. The van der Waals surface area contributed by atoms with E-state index in [4.69, 9.17) is 4.74 Å². The number of ether oxygens (including phenoxy) is 1. The highest BCUT2D eigenvalue weighted by Crippen LogP contribution is 2.34.